The quantitative estimate of drug-likeness (QED) is 0.395. The minimum atomic E-state index is -0.389. The van der Waals surface area contributed by atoms with Gasteiger partial charge in [0.05, 0.1) is 11.8 Å². The van der Waals surface area contributed by atoms with E-state index >= 15 is 0 Å². The van der Waals surface area contributed by atoms with Gasteiger partial charge < -0.3 is 10.1 Å². The summed E-state index contributed by atoms with van der Waals surface area (Å²) < 4.78 is 6.44. The van der Waals surface area contributed by atoms with Gasteiger partial charge in [-0.05, 0) is 13.3 Å². The summed E-state index contributed by atoms with van der Waals surface area (Å²) in [5.41, 5.74) is -0.292. The fraction of sp³-hybridized carbons (Fsp3) is 0.583. The van der Waals surface area contributed by atoms with Gasteiger partial charge in [0, 0.05) is 20.3 Å². The predicted molar refractivity (Wildman–Crippen MR) is 76.5 cm³/mol. The SMILES string of the molecule is C#CCNC(=O)C(C)Sc1n[nH]c(=O)n1CCCOC. The largest absolute Gasteiger partial charge is 0.385 e. The number of ether oxygens (including phenoxy) is 1. The smallest absolute Gasteiger partial charge is 0.343 e. The molecule has 1 unspecified atom stereocenters. The number of thioether (sulfide) groups is 1. The fourth-order valence-electron chi connectivity index (χ4n) is 1.45. The maximum Gasteiger partial charge on any atom is 0.343 e. The number of methoxy groups -OCH3 is 1. The van der Waals surface area contributed by atoms with E-state index in [9.17, 15) is 9.59 Å². The Hall–Kier alpha value is -1.72. The van der Waals surface area contributed by atoms with Gasteiger partial charge in [0.2, 0.25) is 5.91 Å². The van der Waals surface area contributed by atoms with E-state index in [-0.39, 0.29) is 23.4 Å². The van der Waals surface area contributed by atoms with Crippen LogP contribution >= 0.6 is 11.8 Å². The lowest BCUT2D eigenvalue weighted by Gasteiger charge is -2.10. The minimum absolute atomic E-state index is 0.185. The topological polar surface area (TPSA) is 89.0 Å². The van der Waals surface area contributed by atoms with Crippen molar-refractivity contribution in [3.63, 3.8) is 0 Å². The van der Waals surface area contributed by atoms with Gasteiger partial charge in [-0.2, -0.15) is 0 Å². The molecule has 0 spiro atoms. The molecule has 1 atom stereocenters. The number of aromatic amines is 1. The summed E-state index contributed by atoms with van der Waals surface area (Å²) >= 11 is 1.21. The van der Waals surface area contributed by atoms with Crippen LogP contribution in [0.5, 0.6) is 0 Å². The standard InChI is InChI=1S/C12H18N4O3S/c1-4-6-13-10(17)9(2)20-12-15-14-11(18)16(12)7-5-8-19-3/h1,9H,5-8H2,2-3H3,(H,13,17)(H,14,18). The molecule has 20 heavy (non-hydrogen) atoms. The first kappa shape index (κ1) is 16.3. The van der Waals surface area contributed by atoms with Crippen molar-refractivity contribution in [1.29, 1.82) is 0 Å². The van der Waals surface area contributed by atoms with Crippen molar-refractivity contribution in [3.05, 3.63) is 10.5 Å². The third kappa shape index (κ3) is 4.75. The summed E-state index contributed by atoms with van der Waals surface area (Å²) in [6.45, 7) is 2.96. The molecule has 8 heteroatoms. The van der Waals surface area contributed by atoms with Gasteiger partial charge in [0.15, 0.2) is 5.16 Å². The Labute approximate surface area is 121 Å². The molecule has 0 aliphatic heterocycles. The molecule has 0 saturated heterocycles. The van der Waals surface area contributed by atoms with E-state index in [0.717, 1.165) is 0 Å². The average Bonchev–Trinajstić information content (AvgIpc) is 2.77. The van der Waals surface area contributed by atoms with Gasteiger partial charge in [0.25, 0.3) is 0 Å². The van der Waals surface area contributed by atoms with E-state index in [1.54, 1.807) is 14.0 Å². The normalized spacial score (nSPS) is 11.8. The van der Waals surface area contributed by atoms with Crippen LogP contribution in [0.3, 0.4) is 0 Å². The lowest BCUT2D eigenvalue weighted by atomic mass is 10.4. The van der Waals surface area contributed by atoms with Crippen LogP contribution in [-0.2, 0) is 16.1 Å². The molecule has 1 heterocycles. The number of terminal acetylenes is 1. The first-order chi connectivity index (χ1) is 9.60. The number of rotatable bonds is 8. The summed E-state index contributed by atoms with van der Waals surface area (Å²) in [7, 11) is 1.60. The Morgan fingerprint density at radius 1 is 1.70 bits per heavy atom. The van der Waals surface area contributed by atoms with E-state index in [0.29, 0.717) is 24.7 Å². The number of hydrogen-bond acceptors (Lipinski definition) is 5. The summed E-state index contributed by atoms with van der Waals surface area (Å²) in [6.07, 6.45) is 5.77. The van der Waals surface area contributed by atoms with Crippen molar-refractivity contribution in [1.82, 2.24) is 20.1 Å². The minimum Gasteiger partial charge on any atom is -0.385 e. The number of aromatic nitrogens is 3. The number of hydrogen-bond donors (Lipinski definition) is 2. The van der Waals surface area contributed by atoms with Crippen LogP contribution in [0.4, 0.5) is 0 Å². The molecule has 0 aliphatic rings. The van der Waals surface area contributed by atoms with Gasteiger partial charge in [0.1, 0.15) is 0 Å². The van der Waals surface area contributed by atoms with Crippen LogP contribution in [0.25, 0.3) is 0 Å². The highest BCUT2D eigenvalue weighted by Crippen LogP contribution is 2.19. The Bertz CT molecular complexity index is 532. The monoisotopic (exact) mass is 298 g/mol. The first-order valence-corrected chi connectivity index (χ1v) is 7.00. The molecule has 0 bridgehead atoms. The van der Waals surface area contributed by atoms with Crippen LogP contribution in [0.2, 0.25) is 0 Å². The van der Waals surface area contributed by atoms with Crippen molar-refractivity contribution in [2.24, 2.45) is 0 Å². The third-order valence-corrected chi connectivity index (χ3v) is 3.56. The van der Waals surface area contributed by atoms with E-state index in [2.05, 4.69) is 21.4 Å². The van der Waals surface area contributed by atoms with Gasteiger partial charge in [-0.25, -0.2) is 9.89 Å². The number of nitrogens with zero attached hydrogens (tertiary/aromatic N) is 2. The molecule has 0 aromatic carbocycles. The zero-order chi connectivity index (χ0) is 15.0. The van der Waals surface area contributed by atoms with Gasteiger partial charge >= 0.3 is 5.69 Å². The van der Waals surface area contributed by atoms with Crippen LogP contribution in [-0.4, -0.2) is 46.2 Å². The molecule has 1 aromatic rings. The zero-order valence-electron chi connectivity index (χ0n) is 11.5. The lowest BCUT2D eigenvalue weighted by Crippen LogP contribution is -2.31. The second-order valence-corrected chi connectivity index (χ2v) is 5.30. The van der Waals surface area contributed by atoms with E-state index in [4.69, 9.17) is 11.2 Å². The number of H-pyrrole nitrogens is 1. The Balaban J connectivity index is 2.65. The molecule has 7 nitrogen and oxygen atoms in total. The molecule has 0 radical (unpaired) electrons. The molecule has 0 aliphatic carbocycles. The molecule has 1 rings (SSSR count). The molecule has 1 amide bonds. The Kier molecular flexibility index (Phi) is 6.90. The molecular weight excluding hydrogens is 280 g/mol. The van der Waals surface area contributed by atoms with E-state index in [1.165, 1.54) is 16.3 Å². The fourth-order valence-corrected chi connectivity index (χ4v) is 2.36. The molecule has 0 saturated carbocycles. The van der Waals surface area contributed by atoms with Crippen LogP contribution in [0.1, 0.15) is 13.3 Å². The number of carbonyl (C=O) groups is 1. The third-order valence-electron chi connectivity index (χ3n) is 2.47. The number of nitrogens with one attached hydrogen (secondary N) is 2. The van der Waals surface area contributed by atoms with Gasteiger partial charge in [-0.15, -0.1) is 11.5 Å². The van der Waals surface area contributed by atoms with E-state index < -0.39 is 0 Å². The highest BCUT2D eigenvalue weighted by Gasteiger charge is 2.18. The summed E-state index contributed by atoms with van der Waals surface area (Å²) in [6, 6.07) is 0. The summed E-state index contributed by atoms with van der Waals surface area (Å²) in [5, 5.41) is 8.99. The lowest BCUT2D eigenvalue weighted by molar-refractivity contribution is -0.120. The number of amides is 1. The second-order valence-electron chi connectivity index (χ2n) is 3.99. The molecule has 0 fully saturated rings. The average molecular weight is 298 g/mol. The summed E-state index contributed by atoms with van der Waals surface area (Å²) in [5.74, 6) is 2.15. The highest BCUT2D eigenvalue weighted by molar-refractivity contribution is 8.00. The predicted octanol–water partition coefficient (Wildman–Crippen LogP) is -0.162. The van der Waals surface area contributed by atoms with Crippen molar-refractivity contribution in [3.8, 4) is 12.3 Å². The van der Waals surface area contributed by atoms with Crippen LogP contribution in [0, 0.1) is 12.3 Å². The molecule has 110 valence electrons. The van der Waals surface area contributed by atoms with Crippen LogP contribution in [0.15, 0.2) is 9.95 Å². The highest BCUT2D eigenvalue weighted by atomic mass is 32.2. The van der Waals surface area contributed by atoms with Crippen molar-refractivity contribution in [2.45, 2.75) is 30.3 Å². The second kappa shape index (κ2) is 8.45. The maximum absolute atomic E-state index is 11.7. The van der Waals surface area contributed by atoms with E-state index in [1.807, 2.05) is 0 Å². The van der Waals surface area contributed by atoms with Gasteiger partial charge in [-0.1, -0.05) is 17.7 Å². The van der Waals surface area contributed by atoms with Crippen molar-refractivity contribution >= 4 is 17.7 Å². The van der Waals surface area contributed by atoms with Crippen molar-refractivity contribution in [2.75, 3.05) is 20.3 Å². The number of carbonyl (C=O) groups excluding carboxylic acids is 1. The summed E-state index contributed by atoms with van der Waals surface area (Å²) in [4.78, 5) is 23.3. The molecule has 1 aromatic heterocycles. The van der Waals surface area contributed by atoms with Crippen LogP contribution < -0.4 is 11.0 Å². The Morgan fingerprint density at radius 3 is 3.10 bits per heavy atom. The first-order valence-electron chi connectivity index (χ1n) is 6.12. The Morgan fingerprint density at radius 2 is 2.45 bits per heavy atom. The maximum atomic E-state index is 11.7. The van der Waals surface area contributed by atoms with Gasteiger partial charge in [-0.3, -0.25) is 9.36 Å². The zero-order valence-corrected chi connectivity index (χ0v) is 12.3. The molecular formula is C12H18N4O3S. The van der Waals surface area contributed by atoms with Crippen molar-refractivity contribution < 1.29 is 9.53 Å². The molecule has 2 N–H and O–H groups in total.